The van der Waals surface area contributed by atoms with E-state index in [1.165, 1.54) is 0 Å². The lowest BCUT2D eigenvalue weighted by Gasteiger charge is -2.09. The lowest BCUT2D eigenvalue weighted by molar-refractivity contribution is -0.141. The molecule has 0 atom stereocenters. The van der Waals surface area contributed by atoms with Gasteiger partial charge < -0.3 is 10.1 Å². The predicted octanol–water partition coefficient (Wildman–Crippen LogP) is 3.30. The van der Waals surface area contributed by atoms with Crippen LogP contribution in [0.15, 0.2) is 0 Å². The fourth-order valence-corrected chi connectivity index (χ4v) is 3.03. The minimum absolute atomic E-state index is 0.125. The van der Waals surface area contributed by atoms with Gasteiger partial charge in [0.05, 0.1) is 7.11 Å². The highest BCUT2D eigenvalue weighted by Crippen LogP contribution is 2.37. The summed E-state index contributed by atoms with van der Waals surface area (Å²) >= 11 is 0.689. The van der Waals surface area contributed by atoms with Crippen LogP contribution in [0.3, 0.4) is 0 Å². The Hall–Kier alpha value is -1.31. The van der Waals surface area contributed by atoms with Crippen molar-refractivity contribution in [1.29, 1.82) is 0 Å². The molecule has 0 bridgehead atoms. The Morgan fingerprint density at radius 2 is 2.05 bits per heavy atom. The monoisotopic (exact) mass is 294 g/mol. The molecule has 1 heterocycles. The van der Waals surface area contributed by atoms with Crippen molar-refractivity contribution < 1.29 is 22.7 Å². The number of methoxy groups -OCH3 is 1. The Morgan fingerprint density at radius 1 is 1.42 bits per heavy atom. The maximum absolute atomic E-state index is 12.8. The second-order valence-electron chi connectivity index (χ2n) is 4.31. The van der Waals surface area contributed by atoms with Gasteiger partial charge in [-0.2, -0.15) is 13.2 Å². The van der Waals surface area contributed by atoms with Crippen LogP contribution in [0.4, 0.5) is 18.3 Å². The number of carbonyl (C=O) groups is 1. The smallest absolute Gasteiger partial charge is 0.435 e. The summed E-state index contributed by atoms with van der Waals surface area (Å²) in [7, 11) is 1.05. The number of nitrogens with zero attached hydrogens (tertiary/aromatic N) is 1. The number of hydrogen-bond donors (Lipinski definition) is 1. The van der Waals surface area contributed by atoms with Gasteiger partial charge in [0.15, 0.2) is 10.8 Å². The lowest BCUT2D eigenvalue weighted by Crippen LogP contribution is -2.15. The summed E-state index contributed by atoms with van der Waals surface area (Å²) in [4.78, 5) is 14.3. The van der Waals surface area contributed by atoms with Gasteiger partial charge >= 0.3 is 12.1 Å². The molecule has 1 aromatic rings. The second-order valence-corrected chi connectivity index (χ2v) is 5.31. The summed E-state index contributed by atoms with van der Waals surface area (Å²) in [6.45, 7) is 0. The van der Waals surface area contributed by atoms with E-state index in [2.05, 4.69) is 15.0 Å². The average Bonchev–Trinajstić information content (AvgIpc) is 2.97. The highest BCUT2D eigenvalue weighted by molar-refractivity contribution is 7.17. The Kier molecular flexibility index (Phi) is 3.98. The van der Waals surface area contributed by atoms with Gasteiger partial charge in [-0.1, -0.05) is 24.2 Å². The summed E-state index contributed by atoms with van der Waals surface area (Å²) in [6, 6.07) is 0.137. The first-order valence-corrected chi connectivity index (χ1v) is 6.66. The van der Waals surface area contributed by atoms with Crippen LogP contribution in [-0.4, -0.2) is 24.1 Å². The molecular formula is C11H13F3N2O2S. The number of nitrogens with one attached hydrogen (secondary N) is 1. The van der Waals surface area contributed by atoms with E-state index in [0.717, 1.165) is 32.8 Å². The average molecular weight is 294 g/mol. The first kappa shape index (κ1) is 14.1. The molecule has 0 radical (unpaired) electrons. The first-order valence-electron chi connectivity index (χ1n) is 5.84. The fourth-order valence-electron chi connectivity index (χ4n) is 2.05. The third kappa shape index (κ3) is 3.17. The zero-order valence-corrected chi connectivity index (χ0v) is 11.0. The summed E-state index contributed by atoms with van der Waals surface area (Å²) in [5.74, 6) is -1.01. The largest absolute Gasteiger partial charge is 0.465 e. The summed E-state index contributed by atoms with van der Waals surface area (Å²) in [5.41, 5.74) is -1.18. The Morgan fingerprint density at radius 3 is 2.58 bits per heavy atom. The summed E-state index contributed by atoms with van der Waals surface area (Å²) in [5, 5.41) is 3.08. The maximum Gasteiger partial charge on any atom is 0.435 e. The van der Waals surface area contributed by atoms with E-state index in [0.29, 0.717) is 11.3 Å². The normalized spacial score (nSPS) is 16.6. The maximum atomic E-state index is 12.8. The number of thiazole rings is 1. The zero-order valence-electron chi connectivity index (χ0n) is 10.2. The molecule has 106 valence electrons. The van der Waals surface area contributed by atoms with E-state index in [9.17, 15) is 18.0 Å². The van der Waals surface area contributed by atoms with E-state index in [1.807, 2.05) is 0 Å². The molecule has 0 saturated heterocycles. The molecule has 0 amide bonds. The molecule has 1 N–H and O–H groups in total. The van der Waals surface area contributed by atoms with E-state index in [-0.39, 0.29) is 11.2 Å². The van der Waals surface area contributed by atoms with Gasteiger partial charge in [0.2, 0.25) is 0 Å². The van der Waals surface area contributed by atoms with Crippen LogP contribution in [0.2, 0.25) is 0 Å². The molecule has 0 aliphatic heterocycles. The molecule has 0 aromatic carbocycles. The molecule has 19 heavy (non-hydrogen) atoms. The minimum Gasteiger partial charge on any atom is -0.465 e. The minimum atomic E-state index is -4.66. The standard InChI is InChI=1S/C11H13F3N2O2S/c1-18-9(17)7-8(11(12,13)14)16-10(19-7)15-6-4-2-3-5-6/h6H,2-5H2,1H3,(H,15,16). The van der Waals surface area contributed by atoms with Crippen LogP contribution in [0.25, 0.3) is 0 Å². The van der Waals surface area contributed by atoms with E-state index >= 15 is 0 Å². The van der Waals surface area contributed by atoms with E-state index < -0.39 is 22.7 Å². The van der Waals surface area contributed by atoms with Crippen molar-refractivity contribution >= 4 is 22.4 Å². The van der Waals surface area contributed by atoms with Crippen molar-refractivity contribution in [3.63, 3.8) is 0 Å². The quantitative estimate of drug-likeness (QED) is 0.869. The van der Waals surface area contributed by atoms with E-state index in [4.69, 9.17) is 0 Å². The van der Waals surface area contributed by atoms with Crippen LogP contribution in [-0.2, 0) is 10.9 Å². The molecule has 2 rings (SSSR count). The van der Waals surface area contributed by atoms with Crippen LogP contribution in [0, 0.1) is 0 Å². The molecule has 8 heteroatoms. The molecular weight excluding hydrogens is 281 g/mol. The number of ether oxygens (including phenoxy) is 1. The molecule has 1 aromatic heterocycles. The number of anilines is 1. The third-order valence-corrected chi connectivity index (χ3v) is 3.92. The topological polar surface area (TPSA) is 51.2 Å². The van der Waals surface area contributed by atoms with Crippen molar-refractivity contribution in [3.8, 4) is 0 Å². The number of rotatable bonds is 3. The summed E-state index contributed by atoms with van der Waals surface area (Å²) < 4.78 is 42.7. The molecule has 0 spiro atoms. The SMILES string of the molecule is COC(=O)c1sc(NC2CCCC2)nc1C(F)(F)F. The molecule has 1 fully saturated rings. The van der Waals surface area contributed by atoms with Gasteiger partial charge in [-0.25, -0.2) is 9.78 Å². The first-order chi connectivity index (χ1) is 8.91. The molecule has 1 aliphatic rings. The van der Waals surface area contributed by atoms with Crippen LogP contribution >= 0.6 is 11.3 Å². The van der Waals surface area contributed by atoms with Crippen LogP contribution in [0.1, 0.15) is 41.0 Å². The van der Waals surface area contributed by atoms with Gasteiger partial charge in [-0.3, -0.25) is 0 Å². The van der Waals surface area contributed by atoms with E-state index in [1.54, 1.807) is 0 Å². The third-order valence-electron chi connectivity index (χ3n) is 2.95. The Labute approximate surface area is 112 Å². The fraction of sp³-hybridized carbons (Fsp3) is 0.636. The molecule has 0 unspecified atom stereocenters. The highest BCUT2D eigenvalue weighted by atomic mass is 32.1. The van der Waals surface area contributed by atoms with Crippen LogP contribution in [0.5, 0.6) is 0 Å². The Bertz CT molecular complexity index is 467. The number of esters is 1. The number of aromatic nitrogens is 1. The second kappa shape index (κ2) is 5.36. The zero-order chi connectivity index (χ0) is 14.0. The van der Waals surface area contributed by atoms with Crippen LogP contribution < -0.4 is 5.32 Å². The van der Waals surface area contributed by atoms with Crippen molar-refractivity contribution in [2.75, 3.05) is 12.4 Å². The highest BCUT2D eigenvalue weighted by Gasteiger charge is 2.40. The number of carbonyl (C=O) groups excluding carboxylic acids is 1. The Balaban J connectivity index is 2.26. The lowest BCUT2D eigenvalue weighted by atomic mass is 10.3. The molecule has 4 nitrogen and oxygen atoms in total. The number of hydrogen-bond acceptors (Lipinski definition) is 5. The summed E-state index contributed by atoms with van der Waals surface area (Å²) in [6.07, 6.45) is -0.726. The van der Waals surface area contributed by atoms with Gasteiger partial charge in [-0.05, 0) is 12.8 Å². The van der Waals surface area contributed by atoms with Crippen molar-refractivity contribution in [2.24, 2.45) is 0 Å². The van der Waals surface area contributed by atoms with Gasteiger partial charge in [0.25, 0.3) is 0 Å². The van der Waals surface area contributed by atoms with Gasteiger partial charge in [0.1, 0.15) is 4.88 Å². The number of alkyl halides is 3. The molecule has 1 saturated carbocycles. The van der Waals surface area contributed by atoms with Gasteiger partial charge in [0, 0.05) is 6.04 Å². The van der Waals surface area contributed by atoms with Crippen molar-refractivity contribution in [3.05, 3.63) is 10.6 Å². The van der Waals surface area contributed by atoms with Gasteiger partial charge in [-0.15, -0.1) is 0 Å². The number of halogens is 3. The molecule has 1 aliphatic carbocycles. The van der Waals surface area contributed by atoms with Crippen molar-refractivity contribution in [2.45, 2.75) is 37.9 Å². The van der Waals surface area contributed by atoms with Crippen molar-refractivity contribution in [1.82, 2.24) is 4.98 Å². The predicted molar refractivity (Wildman–Crippen MR) is 64.3 cm³/mol.